The Morgan fingerprint density at radius 3 is 2.33 bits per heavy atom. The number of fused-ring (bicyclic) bond motifs is 2. The van der Waals surface area contributed by atoms with Gasteiger partial charge in [0.1, 0.15) is 19.0 Å². The summed E-state index contributed by atoms with van der Waals surface area (Å²) in [6.45, 7) is 3.63. The standard InChI is InChI=1S/C15H22N4O2.3ClH/c1-18(2)5-6-19-12-10-14-13(20-7-8-21-14)9-11(12)17-15(19)3-4-16;;;/h9-10H,3-8,16H2,1-2H3;3*1H. The Kier molecular flexibility index (Phi) is 9.77. The highest BCUT2D eigenvalue weighted by atomic mass is 35.5. The minimum Gasteiger partial charge on any atom is -0.486 e. The van der Waals surface area contributed by atoms with Crippen LogP contribution in [0, 0.1) is 0 Å². The molecule has 0 aliphatic carbocycles. The van der Waals surface area contributed by atoms with Gasteiger partial charge >= 0.3 is 0 Å². The third kappa shape index (κ3) is 4.80. The molecule has 0 saturated carbocycles. The molecule has 1 aromatic heterocycles. The van der Waals surface area contributed by atoms with Crippen molar-refractivity contribution in [3.8, 4) is 11.5 Å². The number of imidazole rings is 1. The molecule has 0 unspecified atom stereocenters. The molecule has 0 bridgehead atoms. The Hall–Kier alpha value is -0.920. The van der Waals surface area contributed by atoms with E-state index in [1.807, 2.05) is 12.1 Å². The maximum atomic E-state index is 5.72. The van der Waals surface area contributed by atoms with Crippen LogP contribution in [0.1, 0.15) is 5.82 Å². The number of nitrogens with zero attached hydrogens (tertiary/aromatic N) is 3. The van der Waals surface area contributed by atoms with Gasteiger partial charge in [-0.2, -0.15) is 0 Å². The maximum Gasteiger partial charge on any atom is 0.163 e. The fraction of sp³-hybridized carbons (Fsp3) is 0.533. The quantitative estimate of drug-likeness (QED) is 0.834. The molecular formula is C15H25Cl3N4O2. The predicted molar refractivity (Wildman–Crippen MR) is 104 cm³/mol. The summed E-state index contributed by atoms with van der Waals surface area (Å²) >= 11 is 0. The van der Waals surface area contributed by atoms with Crippen LogP contribution >= 0.6 is 37.2 Å². The van der Waals surface area contributed by atoms with Crippen molar-refractivity contribution in [2.75, 3.05) is 40.4 Å². The third-order valence-electron chi connectivity index (χ3n) is 3.63. The summed E-state index contributed by atoms with van der Waals surface area (Å²) in [5.41, 5.74) is 7.75. The van der Waals surface area contributed by atoms with Gasteiger partial charge in [-0.05, 0) is 20.6 Å². The van der Waals surface area contributed by atoms with E-state index in [1.54, 1.807) is 0 Å². The van der Waals surface area contributed by atoms with Gasteiger partial charge in [0.05, 0.1) is 11.0 Å². The smallest absolute Gasteiger partial charge is 0.163 e. The minimum absolute atomic E-state index is 0. The van der Waals surface area contributed by atoms with E-state index in [4.69, 9.17) is 20.2 Å². The van der Waals surface area contributed by atoms with Gasteiger partial charge in [-0.1, -0.05) is 0 Å². The van der Waals surface area contributed by atoms with Crippen molar-refractivity contribution in [3.05, 3.63) is 18.0 Å². The fourth-order valence-corrected chi connectivity index (χ4v) is 2.58. The zero-order valence-electron chi connectivity index (χ0n) is 13.9. The van der Waals surface area contributed by atoms with Crippen molar-refractivity contribution in [2.24, 2.45) is 5.73 Å². The van der Waals surface area contributed by atoms with Gasteiger partial charge in [0, 0.05) is 31.6 Å². The number of hydrogen-bond donors (Lipinski definition) is 1. The summed E-state index contributed by atoms with van der Waals surface area (Å²) in [7, 11) is 4.14. The van der Waals surface area contributed by atoms with E-state index in [-0.39, 0.29) is 37.2 Å². The van der Waals surface area contributed by atoms with Crippen molar-refractivity contribution >= 4 is 48.3 Å². The lowest BCUT2D eigenvalue weighted by atomic mass is 10.2. The molecule has 0 saturated heterocycles. The van der Waals surface area contributed by atoms with Gasteiger partial charge in [-0.25, -0.2) is 4.98 Å². The Bertz CT molecular complexity index is 649. The molecule has 138 valence electrons. The molecule has 0 spiro atoms. The highest BCUT2D eigenvalue weighted by Crippen LogP contribution is 2.34. The first-order chi connectivity index (χ1) is 10.2. The average Bonchev–Trinajstić information content (AvgIpc) is 2.79. The summed E-state index contributed by atoms with van der Waals surface area (Å²) in [6, 6.07) is 4.00. The number of nitrogens with two attached hydrogens (primary N) is 1. The molecule has 2 heterocycles. The van der Waals surface area contributed by atoms with Gasteiger partial charge < -0.3 is 24.7 Å². The Morgan fingerprint density at radius 2 is 1.75 bits per heavy atom. The lowest BCUT2D eigenvalue weighted by Crippen LogP contribution is -2.20. The van der Waals surface area contributed by atoms with Crippen molar-refractivity contribution in [3.63, 3.8) is 0 Å². The second kappa shape index (κ2) is 10.2. The van der Waals surface area contributed by atoms with Gasteiger partial charge in [0.15, 0.2) is 11.5 Å². The van der Waals surface area contributed by atoms with Gasteiger partial charge in [-0.3, -0.25) is 0 Å². The molecule has 0 atom stereocenters. The second-order valence-electron chi connectivity index (χ2n) is 5.51. The molecule has 1 aliphatic rings. The molecular weight excluding hydrogens is 375 g/mol. The highest BCUT2D eigenvalue weighted by Gasteiger charge is 2.17. The van der Waals surface area contributed by atoms with E-state index >= 15 is 0 Å². The molecule has 0 radical (unpaired) electrons. The summed E-state index contributed by atoms with van der Waals surface area (Å²) < 4.78 is 13.5. The van der Waals surface area contributed by atoms with Crippen LogP contribution in [-0.4, -0.2) is 54.8 Å². The van der Waals surface area contributed by atoms with Gasteiger partial charge in [0.2, 0.25) is 0 Å². The highest BCUT2D eigenvalue weighted by molar-refractivity contribution is 5.86. The molecule has 1 aromatic carbocycles. The molecule has 6 nitrogen and oxygen atoms in total. The zero-order chi connectivity index (χ0) is 14.8. The van der Waals surface area contributed by atoms with E-state index in [2.05, 4.69) is 23.6 Å². The zero-order valence-corrected chi connectivity index (χ0v) is 16.3. The van der Waals surface area contributed by atoms with Crippen LogP contribution in [0.15, 0.2) is 12.1 Å². The van der Waals surface area contributed by atoms with Crippen LogP contribution in [0.25, 0.3) is 11.0 Å². The number of benzene rings is 1. The normalized spacial score (nSPS) is 12.3. The third-order valence-corrected chi connectivity index (χ3v) is 3.63. The SMILES string of the molecule is CN(C)CCn1c(CCN)nc2cc3c(cc21)OCCO3.Cl.Cl.Cl. The lowest BCUT2D eigenvalue weighted by Gasteiger charge is -2.18. The van der Waals surface area contributed by atoms with Crippen molar-refractivity contribution < 1.29 is 9.47 Å². The molecule has 24 heavy (non-hydrogen) atoms. The minimum atomic E-state index is 0. The van der Waals surface area contributed by atoms with Gasteiger partial charge in [0.25, 0.3) is 0 Å². The molecule has 2 N–H and O–H groups in total. The molecule has 2 aromatic rings. The number of halogens is 3. The number of hydrogen-bond acceptors (Lipinski definition) is 5. The first kappa shape index (κ1) is 23.1. The summed E-state index contributed by atoms with van der Waals surface area (Å²) in [5, 5.41) is 0. The van der Waals surface area contributed by atoms with Crippen LogP contribution < -0.4 is 15.2 Å². The van der Waals surface area contributed by atoms with Crippen molar-refractivity contribution in [1.82, 2.24) is 14.5 Å². The summed E-state index contributed by atoms with van der Waals surface area (Å²) in [5.74, 6) is 2.61. The number of aromatic nitrogens is 2. The first-order valence-corrected chi connectivity index (χ1v) is 7.32. The Labute approximate surface area is 160 Å². The van der Waals surface area contributed by atoms with Gasteiger partial charge in [-0.15, -0.1) is 37.2 Å². The number of ether oxygens (including phenoxy) is 2. The molecule has 9 heteroatoms. The first-order valence-electron chi connectivity index (χ1n) is 7.32. The van der Waals surface area contributed by atoms with Crippen LogP contribution in [0.5, 0.6) is 11.5 Å². The molecule has 0 amide bonds. The topological polar surface area (TPSA) is 65.5 Å². The van der Waals surface area contributed by atoms with E-state index < -0.39 is 0 Å². The fourth-order valence-electron chi connectivity index (χ4n) is 2.58. The van der Waals surface area contributed by atoms with E-state index in [9.17, 15) is 0 Å². The lowest BCUT2D eigenvalue weighted by molar-refractivity contribution is 0.172. The average molecular weight is 400 g/mol. The second-order valence-corrected chi connectivity index (χ2v) is 5.51. The van der Waals surface area contributed by atoms with Crippen LogP contribution in [0.2, 0.25) is 0 Å². The summed E-state index contributed by atoms with van der Waals surface area (Å²) in [6.07, 6.45) is 0.772. The molecule has 0 fully saturated rings. The number of rotatable bonds is 5. The Morgan fingerprint density at radius 1 is 1.12 bits per heavy atom. The summed E-state index contributed by atoms with van der Waals surface area (Å²) in [4.78, 5) is 6.88. The largest absolute Gasteiger partial charge is 0.486 e. The Balaban J connectivity index is 0.00000176. The van der Waals surface area contributed by atoms with Crippen molar-refractivity contribution in [1.29, 1.82) is 0 Å². The molecule has 1 aliphatic heterocycles. The van der Waals surface area contributed by atoms with Crippen LogP contribution in [-0.2, 0) is 13.0 Å². The monoisotopic (exact) mass is 398 g/mol. The van der Waals surface area contributed by atoms with E-state index in [0.29, 0.717) is 19.8 Å². The van der Waals surface area contributed by atoms with Crippen molar-refractivity contribution in [2.45, 2.75) is 13.0 Å². The maximum absolute atomic E-state index is 5.72. The van der Waals surface area contributed by atoms with E-state index in [1.165, 1.54) is 0 Å². The van der Waals surface area contributed by atoms with Crippen LogP contribution in [0.3, 0.4) is 0 Å². The van der Waals surface area contributed by atoms with Crippen LogP contribution in [0.4, 0.5) is 0 Å². The predicted octanol–water partition coefficient (Wildman–Crippen LogP) is 2.14. The number of likely N-dealkylation sites (N-methyl/N-ethyl adjacent to an activating group) is 1. The molecule has 3 rings (SSSR count). The van der Waals surface area contributed by atoms with E-state index in [0.717, 1.165) is 47.9 Å².